The van der Waals surface area contributed by atoms with Crippen molar-refractivity contribution in [1.82, 2.24) is 14.9 Å². The van der Waals surface area contributed by atoms with E-state index in [2.05, 4.69) is 15.3 Å². The molecule has 0 atom stereocenters. The van der Waals surface area contributed by atoms with Crippen molar-refractivity contribution in [3.05, 3.63) is 46.9 Å². The fraction of sp³-hybridized carbons (Fsp3) is 0.312. The first-order valence-electron chi connectivity index (χ1n) is 7.67. The molecule has 1 fully saturated rings. The standard InChI is InChI=1S/C16H14ClF3N4O2/c17-11-2-1-10(16(18,19)20)7-12(11)23-14-8-13(21-9-22-14)15(25)24-3-5-26-6-4-24/h1-2,7-9H,3-6H2,(H,21,22,23). The maximum atomic E-state index is 12.9. The van der Waals surface area contributed by atoms with E-state index in [0.29, 0.717) is 26.3 Å². The van der Waals surface area contributed by atoms with Crippen LogP contribution in [0.1, 0.15) is 16.1 Å². The number of aromatic nitrogens is 2. The van der Waals surface area contributed by atoms with Gasteiger partial charge in [0.05, 0.1) is 29.5 Å². The van der Waals surface area contributed by atoms with Gasteiger partial charge >= 0.3 is 6.18 Å². The molecule has 3 rings (SSSR count). The summed E-state index contributed by atoms with van der Waals surface area (Å²) >= 11 is 5.96. The van der Waals surface area contributed by atoms with Crippen molar-refractivity contribution in [3.63, 3.8) is 0 Å². The van der Waals surface area contributed by atoms with Crippen LogP contribution < -0.4 is 5.32 Å². The summed E-state index contributed by atoms with van der Waals surface area (Å²) in [5.41, 5.74) is -0.680. The molecule has 1 amide bonds. The predicted octanol–water partition coefficient (Wildman–Crippen LogP) is 3.36. The Labute approximate surface area is 151 Å². The first-order chi connectivity index (χ1) is 12.3. The fourth-order valence-corrected chi connectivity index (χ4v) is 2.57. The van der Waals surface area contributed by atoms with E-state index in [0.717, 1.165) is 24.5 Å². The smallest absolute Gasteiger partial charge is 0.378 e. The molecule has 0 bridgehead atoms. The number of anilines is 2. The summed E-state index contributed by atoms with van der Waals surface area (Å²) in [6.07, 6.45) is -3.33. The van der Waals surface area contributed by atoms with Gasteiger partial charge in [0, 0.05) is 19.2 Å². The van der Waals surface area contributed by atoms with Gasteiger partial charge in [0.25, 0.3) is 5.91 Å². The number of hydrogen-bond donors (Lipinski definition) is 1. The average molecular weight is 387 g/mol. The minimum Gasteiger partial charge on any atom is -0.378 e. The lowest BCUT2D eigenvalue weighted by Crippen LogP contribution is -2.41. The molecule has 1 aliphatic rings. The van der Waals surface area contributed by atoms with Crippen molar-refractivity contribution in [2.24, 2.45) is 0 Å². The molecule has 1 aliphatic heterocycles. The number of carbonyl (C=O) groups is 1. The van der Waals surface area contributed by atoms with E-state index in [1.54, 1.807) is 4.90 Å². The SMILES string of the molecule is O=C(c1cc(Nc2cc(C(F)(F)F)ccc2Cl)ncn1)N1CCOCC1. The van der Waals surface area contributed by atoms with Gasteiger partial charge in [-0.15, -0.1) is 0 Å². The highest BCUT2D eigenvalue weighted by Gasteiger charge is 2.31. The first-order valence-corrected chi connectivity index (χ1v) is 8.05. The van der Waals surface area contributed by atoms with Gasteiger partial charge in [0.1, 0.15) is 17.8 Å². The topological polar surface area (TPSA) is 67.4 Å². The number of ether oxygens (including phenoxy) is 1. The van der Waals surface area contributed by atoms with Crippen LogP contribution in [0.2, 0.25) is 5.02 Å². The van der Waals surface area contributed by atoms with Gasteiger partial charge in [-0.1, -0.05) is 11.6 Å². The number of benzene rings is 1. The van der Waals surface area contributed by atoms with E-state index in [1.807, 2.05) is 0 Å². The lowest BCUT2D eigenvalue weighted by Gasteiger charge is -2.26. The molecule has 0 spiro atoms. The van der Waals surface area contributed by atoms with Crippen molar-refractivity contribution in [1.29, 1.82) is 0 Å². The van der Waals surface area contributed by atoms with Gasteiger partial charge in [0.2, 0.25) is 0 Å². The largest absolute Gasteiger partial charge is 0.416 e. The molecule has 0 aliphatic carbocycles. The number of alkyl halides is 3. The Morgan fingerprint density at radius 1 is 1.19 bits per heavy atom. The molecule has 1 aromatic carbocycles. The fourth-order valence-electron chi connectivity index (χ4n) is 2.41. The van der Waals surface area contributed by atoms with E-state index in [-0.39, 0.29) is 28.1 Å². The molecule has 1 N–H and O–H groups in total. The third kappa shape index (κ3) is 4.23. The zero-order chi connectivity index (χ0) is 18.7. The number of halogens is 4. The highest BCUT2D eigenvalue weighted by Crippen LogP contribution is 2.34. The maximum Gasteiger partial charge on any atom is 0.416 e. The van der Waals surface area contributed by atoms with Crippen LogP contribution in [0.4, 0.5) is 24.7 Å². The third-order valence-corrected chi connectivity index (χ3v) is 4.07. The molecule has 2 heterocycles. The number of amides is 1. The molecule has 2 aromatic rings. The normalized spacial score (nSPS) is 15.0. The molecular formula is C16H14ClF3N4O2. The van der Waals surface area contributed by atoms with Crippen LogP contribution in [0.15, 0.2) is 30.6 Å². The van der Waals surface area contributed by atoms with E-state index < -0.39 is 11.7 Å². The van der Waals surface area contributed by atoms with Crippen molar-refractivity contribution in [2.45, 2.75) is 6.18 Å². The van der Waals surface area contributed by atoms with Gasteiger partial charge < -0.3 is 15.0 Å². The molecule has 0 unspecified atom stereocenters. The molecular weight excluding hydrogens is 373 g/mol. The quantitative estimate of drug-likeness (QED) is 0.876. The molecule has 10 heteroatoms. The minimum atomic E-state index is -4.50. The predicted molar refractivity (Wildman–Crippen MR) is 88.5 cm³/mol. The number of carbonyl (C=O) groups excluding carboxylic acids is 1. The molecule has 0 saturated carbocycles. The first kappa shape index (κ1) is 18.4. The summed E-state index contributed by atoms with van der Waals surface area (Å²) in [6, 6.07) is 4.29. The third-order valence-electron chi connectivity index (χ3n) is 3.74. The Kier molecular flexibility index (Phi) is 5.28. The van der Waals surface area contributed by atoms with Gasteiger partial charge in [-0.25, -0.2) is 9.97 Å². The van der Waals surface area contributed by atoms with Crippen LogP contribution in [-0.2, 0) is 10.9 Å². The molecule has 1 saturated heterocycles. The maximum absolute atomic E-state index is 12.9. The van der Waals surface area contributed by atoms with E-state index in [4.69, 9.17) is 16.3 Å². The molecule has 1 aromatic heterocycles. The average Bonchev–Trinajstić information content (AvgIpc) is 2.63. The van der Waals surface area contributed by atoms with Crippen LogP contribution in [-0.4, -0.2) is 47.1 Å². The second-order valence-corrected chi connectivity index (χ2v) is 5.92. The summed E-state index contributed by atoms with van der Waals surface area (Å²) in [5.74, 6) is -0.133. The Morgan fingerprint density at radius 3 is 2.62 bits per heavy atom. The summed E-state index contributed by atoms with van der Waals surface area (Å²) in [7, 11) is 0. The molecule has 138 valence electrons. The van der Waals surface area contributed by atoms with Gasteiger partial charge in [-0.05, 0) is 18.2 Å². The van der Waals surface area contributed by atoms with Crippen LogP contribution in [0.3, 0.4) is 0 Å². The van der Waals surface area contributed by atoms with E-state index in [9.17, 15) is 18.0 Å². The highest BCUT2D eigenvalue weighted by molar-refractivity contribution is 6.33. The number of hydrogen-bond acceptors (Lipinski definition) is 5. The lowest BCUT2D eigenvalue weighted by molar-refractivity contribution is -0.137. The second-order valence-electron chi connectivity index (χ2n) is 5.51. The van der Waals surface area contributed by atoms with Crippen molar-refractivity contribution in [2.75, 3.05) is 31.6 Å². The number of rotatable bonds is 3. The summed E-state index contributed by atoms with van der Waals surface area (Å²) < 4.78 is 43.8. The van der Waals surface area contributed by atoms with Gasteiger partial charge in [-0.3, -0.25) is 4.79 Å². The van der Waals surface area contributed by atoms with E-state index in [1.165, 1.54) is 6.07 Å². The Balaban J connectivity index is 1.82. The Morgan fingerprint density at radius 2 is 1.92 bits per heavy atom. The zero-order valence-electron chi connectivity index (χ0n) is 13.4. The summed E-state index contributed by atoms with van der Waals surface area (Å²) in [4.78, 5) is 21.9. The number of morpholine rings is 1. The van der Waals surface area contributed by atoms with Gasteiger partial charge in [0.15, 0.2) is 0 Å². The Hall–Kier alpha value is -2.39. The monoisotopic (exact) mass is 386 g/mol. The summed E-state index contributed by atoms with van der Waals surface area (Å²) in [5, 5.41) is 2.80. The highest BCUT2D eigenvalue weighted by atomic mass is 35.5. The number of nitrogens with zero attached hydrogens (tertiary/aromatic N) is 3. The van der Waals surface area contributed by atoms with Crippen LogP contribution in [0, 0.1) is 0 Å². The van der Waals surface area contributed by atoms with Crippen molar-refractivity contribution < 1.29 is 22.7 Å². The van der Waals surface area contributed by atoms with Crippen LogP contribution in [0.25, 0.3) is 0 Å². The lowest BCUT2D eigenvalue weighted by atomic mass is 10.2. The molecule has 26 heavy (non-hydrogen) atoms. The van der Waals surface area contributed by atoms with Crippen molar-refractivity contribution in [3.8, 4) is 0 Å². The van der Waals surface area contributed by atoms with Crippen LogP contribution in [0.5, 0.6) is 0 Å². The minimum absolute atomic E-state index is 0.0324. The second kappa shape index (κ2) is 7.46. The summed E-state index contributed by atoms with van der Waals surface area (Å²) in [6.45, 7) is 1.79. The number of nitrogens with one attached hydrogen (secondary N) is 1. The molecule has 6 nitrogen and oxygen atoms in total. The van der Waals surface area contributed by atoms with E-state index >= 15 is 0 Å². The Bertz CT molecular complexity index is 810. The van der Waals surface area contributed by atoms with Crippen LogP contribution >= 0.6 is 11.6 Å². The molecule has 0 radical (unpaired) electrons. The van der Waals surface area contributed by atoms with Crippen molar-refractivity contribution >= 4 is 29.0 Å². The van der Waals surface area contributed by atoms with Gasteiger partial charge in [-0.2, -0.15) is 13.2 Å². The zero-order valence-corrected chi connectivity index (χ0v) is 14.1.